The Morgan fingerprint density at radius 1 is 1.62 bits per heavy atom. The third-order valence-corrected chi connectivity index (χ3v) is 3.23. The van der Waals surface area contributed by atoms with Crippen LogP contribution in [-0.4, -0.2) is 22.6 Å². The molecule has 1 aliphatic heterocycles. The Balaban J connectivity index is 2.20. The molecular weight excluding hydrogens is 204 g/mol. The highest BCUT2D eigenvalue weighted by Crippen LogP contribution is 2.25. The van der Waals surface area contributed by atoms with Crippen molar-refractivity contribution in [3.63, 3.8) is 0 Å². The van der Waals surface area contributed by atoms with Crippen molar-refractivity contribution in [1.82, 2.24) is 9.55 Å². The molecule has 0 spiro atoms. The quantitative estimate of drug-likeness (QED) is 0.716. The minimum atomic E-state index is -0.111. The molecule has 0 aliphatic carbocycles. The zero-order valence-corrected chi connectivity index (χ0v) is 10.1. The van der Waals surface area contributed by atoms with Gasteiger partial charge in [-0.05, 0) is 12.3 Å². The van der Waals surface area contributed by atoms with Crippen LogP contribution in [0.3, 0.4) is 0 Å². The normalized spacial score (nSPS) is 19.6. The van der Waals surface area contributed by atoms with E-state index in [1.165, 1.54) is 12.8 Å². The summed E-state index contributed by atoms with van der Waals surface area (Å²) >= 11 is 0. The van der Waals surface area contributed by atoms with E-state index in [0.29, 0.717) is 12.3 Å². The summed E-state index contributed by atoms with van der Waals surface area (Å²) in [5, 5.41) is 0. The molecule has 1 aliphatic rings. The van der Waals surface area contributed by atoms with Gasteiger partial charge in [0.2, 0.25) is 0 Å². The van der Waals surface area contributed by atoms with Crippen LogP contribution in [0.2, 0.25) is 0 Å². The standard InChI is InChI=1S/C12H18N2O2/c1-8(2)10-7-13-11-6-9(12(15)16-3)4-5-14(10)11/h7-9H,4-6H2,1-3H3. The average molecular weight is 222 g/mol. The van der Waals surface area contributed by atoms with E-state index in [1.54, 1.807) is 0 Å². The van der Waals surface area contributed by atoms with Crippen LogP contribution in [0.4, 0.5) is 0 Å². The number of rotatable bonds is 2. The molecule has 0 N–H and O–H groups in total. The maximum atomic E-state index is 11.5. The summed E-state index contributed by atoms with van der Waals surface area (Å²) in [6.45, 7) is 5.20. The van der Waals surface area contributed by atoms with Gasteiger partial charge in [0.25, 0.3) is 0 Å². The SMILES string of the molecule is COC(=O)C1CCn2c(C(C)C)cnc2C1. The summed E-state index contributed by atoms with van der Waals surface area (Å²) in [5.74, 6) is 1.38. The largest absolute Gasteiger partial charge is 0.469 e. The molecule has 0 amide bonds. The van der Waals surface area contributed by atoms with Crippen molar-refractivity contribution in [2.45, 2.75) is 39.2 Å². The number of aromatic nitrogens is 2. The topological polar surface area (TPSA) is 44.1 Å². The van der Waals surface area contributed by atoms with Gasteiger partial charge in [-0.1, -0.05) is 13.8 Å². The highest BCUT2D eigenvalue weighted by Gasteiger charge is 2.27. The molecule has 2 heterocycles. The van der Waals surface area contributed by atoms with Gasteiger partial charge in [-0.2, -0.15) is 0 Å². The summed E-state index contributed by atoms with van der Waals surface area (Å²) < 4.78 is 7.02. The molecule has 0 saturated heterocycles. The summed E-state index contributed by atoms with van der Waals surface area (Å²) in [4.78, 5) is 15.9. The van der Waals surface area contributed by atoms with Crippen molar-refractivity contribution < 1.29 is 9.53 Å². The zero-order valence-electron chi connectivity index (χ0n) is 10.1. The van der Waals surface area contributed by atoms with Crippen molar-refractivity contribution in [3.05, 3.63) is 17.7 Å². The smallest absolute Gasteiger partial charge is 0.309 e. The molecule has 1 aromatic rings. The van der Waals surface area contributed by atoms with Crippen molar-refractivity contribution in [2.75, 3.05) is 7.11 Å². The maximum absolute atomic E-state index is 11.5. The molecule has 16 heavy (non-hydrogen) atoms. The first-order valence-corrected chi connectivity index (χ1v) is 5.75. The Labute approximate surface area is 95.6 Å². The van der Waals surface area contributed by atoms with Crippen LogP contribution in [0.1, 0.15) is 37.7 Å². The van der Waals surface area contributed by atoms with Gasteiger partial charge >= 0.3 is 5.97 Å². The molecule has 0 bridgehead atoms. The highest BCUT2D eigenvalue weighted by atomic mass is 16.5. The van der Waals surface area contributed by atoms with Crippen molar-refractivity contribution in [1.29, 1.82) is 0 Å². The highest BCUT2D eigenvalue weighted by molar-refractivity contribution is 5.72. The molecule has 2 rings (SSSR count). The molecule has 1 atom stereocenters. The number of imidazole rings is 1. The lowest BCUT2D eigenvalue weighted by Crippen LogP contribution is -2.27. The van der Waals surface area contributed by atoms with E-state index in [2.05, 4.69) is 23.4 Å². The summed E-state index contributed by atoms with van der Waals surface area (Å²) in [5.41, 5.74) is 1.26. The lowest BCUT2D eigenvalue weighted by molar-refractivity contribution is -0.146. The van der Waals surface area contributed by atoms with Crippen LogP contribution in [0.25, 0.3) is 0 Å². The molecule has 1 aromatic heterocycles. The molecule has 0 radical (unpaired) electrons. The average Bonchev–Trinajstić information content (AvgIpc) is 2.70. The Morgan fingerprint density at radius 3 is 3.00 bits per heavy atom. The van der Waals surface area contributed by atoms with E-state index in [1.807, 2.05) is 6.20 Å². The van der Waals surface area contributed by atoms with Crippen LogP contribution in [-0.2, 0) is 22.5 Å². The number of hydrogen-bond donors (Lipinski definition) is 0. The molecule has 0 fully saturated rings. The Bertz CT molecular complexity index is 396. The van der Waals surface area contributed by atoms with Gasteiger partial charge in [0.05, 0.1) is 13.0 Å². The van der Waals surface area contributed by atoms with Crippen LogP contribution in [0, 0.1) is 5.92 Å². The first kappa shape index (κ1) is 11.2. The third-order valence-electron chi connectivity index (χ3n) is 3.23. The number of methoxy groups -OCH3 is 1. The van der Waals surface area contributed by atoms with Crippen molar-refractivity contribution in [2.24, 2.45) is 5.92 Å². The molecule has 88 valence electrons. The second-order valence-corrected chi connectivity index (χ2v) is 4.62. The summed E-state index contributed by atoms with van der Waals surface area (Å²) in [6.07, 6.45) is 3.49. The third kappa shape index (κ3) is 1.84. The lowest BCUT2D eigenvalue weighted by Gasteiger charge is -2.23. The van der Waals surface area contributed by atoms with Gasteiger partial charge in [0.15, 0.2) is 0 Å². The number of ether oxygens (including phenoxy) is 1. The van der Waals surface area contributed by atoms with E-state index < -0.39 is 0 Å². The number of nitrogens with zero attached hydrogens (tertiary/aromatic N) is 2. The second-order valence-electron chi connectivity index (χ2n) is 4.62. The minimum absolute atomic E-state index is 0.0140. The molecular formula is C12H18N2O2. The number of fused-ring (bicyclic) bond motifs is 1. The molecule has 4 nitrogen and oxygen atoms in total. The molecule has 1 unspecified atom stereocenters. The lowest BCUT2D eigenvalue weighted by atomic mass is 9.97. The maximum Gasteiger partial charge on any atom is 0.309 e. The summed E-state index contributed by atoms with van der Waals surface area (Å²) in [7, 11) is 1.45. The molecule has 4 heteroatoms. The monoisotopic (exact) mass is 222 g/mol. The fraction of sp³-hybridized carbons (Fsp3) is 0.667. The van der Waals surface area contributed by atoms with Crippen LogP contribution >= 0.6 is 0 Å². The van der Waals surface area contributed by atoms with E-state index >= 15 is 0 Å². The van der Waals surface area contributed by atoms with Gasteiger partial charge in [0, 0.05) is 24.9 Å². The van der Waals surface area contributed by atoms with Gasteiger partial charge in [-0.25, -0.2) is 4.98 Å². The summed E-state index contributed by atoms with van der Waals surface area (Å²) in [6, 6.07) is 0. The number of hydrogen-bond acceptors (Lipinski definition) is 3. The predicted molar refractivity (Wildman–Crippen MR) is 60.1 cm³/mol. The van der Waals surface area contributed by atoms with E-state index in [4.69, 9.17) is 4.74 Å². The van der Waals surface area contributed by atoms with Crippen molar-refractivity contribution in [3.8, 4) is 0 Å². The van der Waals surface area contributed by atoms with E-state index in [9.17, 15) is 4.79 Å². The van der Waals surface area contributed by atoms with E-state index in [-0.39, 0.29) is 11.9 Å². The molecule has 0 aromatic carbocycles. The number of carbonyl (C=O) groups excluding carboxylic acids is 1. The number of carbonyl (C=O) groups is 1. The first-order chi connectivity index (χ1) is 7.63. The van der Waals surface area contributed by atoms with Gasteiger partial charge < -0.3 is 9.30 Å². The van der Waals surface area contributed by atoms with Crippen molar-refractivity contribution >= 4 is 5.97 Å². The van der Waals surface area contributed by atoms with Gasteiger partial charge in [-0.3, -0.25) is 4.79 Å². The van der Waals surface area contributed by atoms with E-state index in [0.717, 1.165) is 18.8 Å². The van der Waals surface area contributed by atoms with Gasteiger partial charge in [-0.15, -0.1) is 0 Å². The second kappa shape index (κ2) is 4.28. The Hall–Kier alpha value is -1.32. The molecule has 0 saturated carbocycles. The Kier molecular flexibility index (Phi) is 2.99. The zero-order chi connectivity index (χ0) is 11.7. The van der Waals surface area contributed by atoms with Crippen LogP contribution < -0.4 is 0 Å². The Morgan fingerprint density at radius 2 is 2.38 bits per heavy atom. The predicted octanol–water partition coefficient (Wildman–Crippen LogP) is 1.74. The number of esters is 1. The van der Waals surface area contributed by atoms with Crippen LogP contribution in [0.15, 0.2) is 6.20 Å². The minimum Gasteiger partial charge on any atom is -0.469 e. The van der Waals surface area contributed by atoms with Gasteiger partial charge in [0.1, 0.15) is 5.82 Å². The van der Waals surface area contributed by atoms with Crippen LogP contribution in [0.5, 0.6) is 0 Å². The first-order valence-electron chi connectivity index (χ1n) is 5.75. The fourth-order valence-corrected chi connectivity index (χ4v) is 2.29. The fourth-order valence-electron chi connectivity index (χ4n) is 2.29.